The molecule has 0 saturated carbocycles. The molecule has 27 heavy (non-hydrogen) atoms. The summed E-state index contributed by atoms with van der Waals surface area (Å²) in [7, 11) is 0. The lowest BCUT2D eigenvalue weighted by atomic mass is 10.2. The minimum Gasteiger partial charge on any atom is -0.309 e. The van der Waals surface area contributed by atoms with Crippen molar-refractivity contribution in [2.75, 3.05) is 5.32 Å². The fourth-order valence-electron chi connectivity index (χ4n) is 2.84. The number of aromatic nitrogens is 4. The summed E-state index contributed by atoms with van der Waals surface area (Å²) in [5.41, 5.74) is 1.87. The van der Waals surface area contributed by atoms with E-state index in [4.69, 9.17) is 0 Å². The maximum absolute atomic E-state index is 12.6. The lowest BCUT2D eigenvalue weighted by molar-refractivity contribution is -0.116. The highest BCUT2D eigenvalue weighted by atomic mass is 16.2. The van der Waals surface area contributed by atoms with Gasteiger partial charge in [0, 0.05) is 17.3 Å². The van der Waals surface area contributed by atoms with Gasteiger partial charge in [0.1, 0.15) is 12.4 Å². The summed E-state index contributed by atoms with van der Waals surface area (Å²) in [6, 6.07) is 9.50. The lowest BCUT2D eigenvalue weighted by Crippen LogP contribution is -2.34. The first-order valence-corrected chi connectivity index (χ1v) is 8.64. The quantitative estimate of drug-likeness (QED) is 0.714. The number of carbonyl (C=O) groups is 1. The molecule has 0 aliphatic carbocycles. The first-order chi connectivity index (χ1) is 12.9. The summed E-state index contributed by atoms with van der Waals surface area (Å²) in [6.45, 7) is 5.27. The Hall–Kier alpha value is -3.42. The van der Waals surface area contributed by atoms with Crippen molar-refractivity contribution in [1.82, 2.24) is 19.3 Å². The zero-order valence-corrected chi connectivity index (χ0v) is 15.4. The summed E-state index contributed by atoms with van der Waals surface area (Å²) in [5.74, 6) is 0.184. The fraction of sp³-hybridized carbons (Fsp3) is 0.263. The van der Waals surface area contributed by atoms with Gasteiger partial charge in [0.05, 0.1) is 11.4 Å². The highest BCUT2D eigenvalue weighted by Crippen LogP contribution is 2.23. The number of benzene rings is 1. The summed E-state index contributed by atoms with van der Waals surface area (Å²) in [5, 5.41) is 7.44. The molecule has 2 aromatic heterocycles. The van der Waals surface area contributed by atoms with Gasteiger partial charge in [-0.25, -0.2) is 9.48 Å². The number of hydrogen-bond acceptors (Lipinski definition) is 4. The highest BCUT2D eigenvalue weighted by Gasteiger charge is 2.17. The molecule has 2 heterocycles. The number of amides is 1. The van der Waals surface area contributed by atoms with Crippen LogP contribution in [0, 0.1) is 13.8 Å². The number of hydrogen-bond donors (Lipinski definition) is 2. The Labute approximate surface area is 155 Å². The van der Waals surface area contributed by atoms with E-state index in [2.05, 4.69) is 15.4 Å². The topological polar surface area (TPSA) is 102 Å². The Morgan fingerprint density at radius 2 is 1.89 bits per heavy atom. The van der Waals surface area contributed by atoms with Gasteiger partial charge in [-0.2, -0.15) is 5.10 Å². The highest BCUT2D eigenvalue weighted by molar-refractivity contribution is 5.90. The van der Waals surface area contributed by atoms with Crippen LogP contribution in [0.5, 0.6) is 0 Å². The Morgan fingerprint density at radius 1 is 1.19 bits per heavy atom. The van der Waals surface area contributed by atoms with E-state index >= 15 is 0 Å². The minimum absolute atomic E-state index is 0.211. The van der Waals surface area contributed by atoms with Crippen LogP contribution in [0.3, 0.4) is 0 Å². The largest absolute Gasteiger partial charge is 0.328 e. The van der Waals surface area contributed by atoms with Crippen molar-refractivity contribution < 1.29 is 4.79 Å². The third-order valence-electron chi connectivity index (χ3n) is 4.32. The molecule has 1 aromatic carbocycles. The molecule has 0 radical (unpaired) electrons. The number of nitrogens with one attached hydrogen (secondary N) is 2. The van der Waals surface area contributed by atoms with Gasteiger partial charge in [0.25, 0.3) is 5.56 Å². The van der Waals surface area contributed by atoms with Crippen molar-refractivity contribution >= 4 is 11.7 Å². The summed E-state index contributed by atoms with van der Waals surface area (Å²) < 4.78 is 2.86. The van der Waals surface area contributed by atoms with Crippen molar-refractivity contribution in [3.63, 3.8) is 0 Å². The van der Waals surface area contributed by atoms with E-state index in [1.807, 2.05) is 44.2 Å². The van der Waals surface area contributed by atoms with Crippen LogP contribution < -0.4 is 16.6 Å². The van der Waals surface area contributed by atoms with Crippen molar-refractivity contribution in [1.29, 1.82) is 0 Å². The second-order valence-electron chi connectivity index (χ2n) is 6.27. The molecule has 3 rings (SSSR count). The summed E-state index contributed by atoms with van der Waals surface area (Å²) in [4.78, 5) is 38.1. The molecular weight excluding hydrogens is 346 g/mol. The molecule has 8 nitrogen and oxygen atoms in total. The second kappa shape index (κ2) is 7.45. The van der Waals surface area contributed by atoms with Crippen LogP contribution in [0.2, 0.25) is 0 Å². The van der Waals surface area contributed by atoms with Crippen LogP contribution in [-0.2, 0) is 17.8 Å². The molecule has 0 aliphatic rings. The van der Waals surface area contributed by atoms with E-state index in [1.165, 1.54) is 10.8 Å². The van der Waals surface area contributed by atoms with E-state index < -0.39 is 11.2 Å². The first kappa shape index (κ1) is 18.4. The van der Waals surface area contributed by atoms with Gasteiger partial charge in [-0.15, -0.1) is 0 Å². The molecule has 0 atom stereocenters. The van der Waals surface area contributed by atoms with Crippen LogP contribution in [0.4, 0.5) is 5.82 Å². The van der Waals surface area contributed by atoms with Crippen LogP contribution in [0.1, 0.15) is 23.7 Å². The van der Waals surface area contributed by atoms with E-state index in [-0.39, 0.29) is 12.5 Å². The third kappa shape index (κ3) is 3.74. The molecule has 0 unspecified atom stereocenters. The molecule has 0 spiro atoms. The minimum atomic E-state index is -0.622. The summed E-state index contributed by atoms with van der Waals surface area (Å²) in [6.07, 6.45) is 2.10. The van der Waals surface area contributed by atoms with Crippen LogP contribution in [-0.4, -0.2) is 25.2 Å². The van der Waals surface area contributed by atoms with Gasteiger partial charge in [-0.3, -0.25) is 19.1 Å². The number of rotatable bonds is 5. The molecule has 0 aliphatic heterocycles. The van der Waals surface area contributed by atoms with Crippen molar-refractivity contribution in [2.45, 2.75) is 33.7 Å². The monoisotopic (exact) mass is 367 g/mol. The fourth-order valence-corrected chi connectivity index (χ4v) is 2.84. The standard InChI is InChI=1S/C19H21N5O3/c1-4-15-13(3)17(24(22-15)14-8-6-5-7-9-14)20-16(25)11-23-10-12(2)18(26)21-19(23)27/h5-10H,4,11H2,1-3H3,(H,20,25)(H,21,26,27). The SMILES string of the molecule is CCc1nn(-c2ccccc2)c(NC(=O)Cn2cc(C)c(=O)[nH]c2=O)c1C. The number of aryl methyl sites for hydroxylation is 2. The average molecular weight is 367 g/mol. The zero-order valence-electron chi connectivity index (χ0n) is 15.4. The van der Waals surface area contributed by atoms with Gasteiger partial charge in [-0.05, 0) is 32.4 Å². The third-order valence-corrected chi connectivity index (χ3v) is 4.32. The predicted molar refractivity (Wildman–Crippen MR) is 102 cm³/mol. The van der Waals surface area contributed by atoms with E-state index in [0.717, 1.165) is 23.4 Å². The maximum atomic E-state index is 12.6. The Morgan fingerprint density at radius 3 is 2.56 bits per heavy atom. The number of H-pyrrole nitrogens is 1. The van der Waals surface area contributed by atoms with Gasteiger partial charge < -0.3 is 5.32 Å². The summed E-state index contributed by atoms with van der Waals surface area (Å²) >= 11 is 0. The average Bonchev–Trinajstić information content (AvgIpc) is 2.96. The number of nitrogens with zero attached hydrogens (tertiary/aromatic N) is 3. The van der Waals surface area contributed by atoms with E-state index in [0.29, 0.717) is 11.4 Å². The molecule has 1 amide bonds. The first-order valence-electron chi connectivity index (χ1n) is 8.64. The van der Waals surface area contributed by atoms with Crippen LogP contribution in [0.15, 0.2) is 46.1 Å². The number of aromatic amines is 1. The number of anilines is 1. The van der Waals surface area contributed by atoms with Gasteiger partial charge in [-0.1, -0.05) is 25.1 Å². The van der Waals surface area contributed by atoms with Gasteiger partial charge in [0.15, 0.2) is 0 Å². The number of carbonyl (C=O) groups excluding carboxylic acids is 1. The molecular formula is C19H21N5O3. The number of para-hydroxylation sites is 1. The molecule has 2 N–H and O–H groups in total. The normalized spacial score (nSPS) is 10.8. The molecule has 8 heteroatoms. The van der Waals surface area contributed by atoms with Crippen LogP contribution >= 0.6 is 0 Å². The zero-order chi connectivity index (χ0) is 19.6. The van der Waals surface area contributed by atoms with Crippen molar-refractivity contribution in [3.05, 3.63) is 74.2 Å². The van der Waals surface area contributed by atoms with E-state index in [9.17, 15) is 14.4 Å². The Bertz CT molecular complexity index is 1090. The van der Waals surface area contributed by atoms with Crippen LogP contribution in [0.25, 0.3) is 5.69 Å². The molecule has 0 fully saturated rings. The van der Waals surface area contributed by atoms with Gasteiger partial charge >= 0.3 is 5.69 Å². The predicted octanol–water partition coefficient (Wildman–Crippen LogP) is 1.54. The maximum Gasteiger partial charge on any atom is 0.328 e. The molecule has 140 valence electrons. The molecule has 0 bridgehead atoms. The van der Waals surface area contributed by atoms with Crippen molar-refractivity contribution in [2.24, 2.45) is 0 Å². The lowest BCUT2D eigenvalue weighted by Gasteiger charge is -2.11. The smallest absolute Gasteiger partial charge is 0.309 e. The molecule has 3 aromatic rings. The second-order valence-corrected chi connectivity index (χ2v) is 6.27. The van der Waals surface area contributed by atoms with E-state index in [1.54, 1.807) is 11.6 Å². The Balaban J connectivity index is 1.92. The van der Waals surface area contributed by atoms with Gasteiger partial charge in [0.2, 0.25) is 5.91 Å². The molecule has 0 saturated heterocycles. The Kier molecular flexibility index (Phi) is 5.07. The van der Waals surface area contributed by atoms with Crippen molar-refractivity contribution in [3.8, 4) is 5.69 Å².